The number of aliphatic imine (C=N–C) groups is 1. The van der Waals surface area contributed by atoms with Crippen LogP contribution in [0.2, 0.25) is 0 Å². The molecule has 0 saturated carbocycles. The average molecular weight is 193 g/mol. The lowest BCUT2D eigenvalue weighted by Crippen LogP contribution is -2.23. The van der Waals surface area contributed by atoms with E-state index in [9.17, 15) is 9.59 Å². The maximum Gasteiger partial charge on any atom is 0.365 e. The summed E-state index contributed by atoms with van der Waals surface area (Å²) in [6.45, 7) is 0.624. The molecular formula is C9H7NO4. The van der Waals surface area contributed by atoms with Crippen LogP contribution in [0, 0.1) is 5.92 Å². The third-order valence-electron chi connectivity index (χ3n) is 2.60. The first-order valence-corrected chi connectivity index (χ1v) is 4.44. The van der Waals surface area contributed by atoms with Crippen LogP contribution in [0.5, 0.6) is 0 Å². The van der Waals surface area contributed by atoms with Crippen LogP contribution >= 0.6 is 0 Å². The summed E-state index contributed by atoms with van der Waals surface area (Å²) in [5, 5.41) is 0. The third kappa shape index (κ3) is 0.899. The molecule has 0 aromatic heterocycles. The van der Waals surface area contributed by atoms with Gasteiger partial charge in [0.15, 0.2) is 11.9 Å². The molecule has 0 aromatic rings. The molecule has 2 fully saturated rings. The van der Waals surface area contributed by atoms with Gasteiger partial charge in [0.1, 0.15) is 0 Å². The van der Waals surface area contributed by atoms with Gasteiger partial charge >= 0.3 is 11.9 Å². The molecule has 3 rings (SSSR count). The van der Waals surface area contributed by atoms with Crippen LogP contribution in [0.1, 0.15) is 6.42 Å². The number of dihydropyridines is 1. The lowest BCUT2D eigenvalue weighted by molar-refractivity contribution is -0.148. The van der Waals surface area contributed by atoms with Gasteiger partial charge in [-0.25, -0.2) is 14.6 Å². The Morgan fingerprint density at radius 3 is 3.07 bits per heavy atom. The lowest BCUT2D eigenvalue weighted by atomic mass is 9.98. The Labute approximate surface area is 79.4 Å². The number of hydrogen-bond acceptors (Lipinski definition) is 5. The second-order valence-electron chi connectivity index (χ2n) is 3.45. The number of nitrogens with zero attached hydrogens (tertiary/aromatic N) is 1. The van der Waals surface area contributed by atoms with E-state index in [1.807, 2.05) is 0 Å². The molecule has 5 heteroatoms. The number of fused-ring (bicyclic) bond motifs is 2. The fourth-order valence-corrected chi connectivity index (χ4v) is 1.89. The Bertz CT molecular complexity index is 360. The smallest absolute Gasteiger partial charge is 0.365 e. The van der Waals surface area contributed by atoms with Crippen LogP contribution in [0.15, 0.2) is 16.6 Å². The molecule has 3 aliphatic rings. The number of esters is 2. The van der Waals surface area contributed by atoms with Crippen LogP contribution in [0.4, 0.5) is 0 Å². The van der Waals surface area contributed by atoms with Gasteiger partial charge in [-0.05, 0) is 6.42 Å². The second-order valence-corrected chi connectivity index (χ2v) is 3.45. The zero-order valence-electron chi connectivity index (χ0n) is 7.23. The summed E-state index contributed by atoms with van der Waals surface area (Å²) in [6, 6.07) is 0. The van der Waals surface area contributed by atoms with Gasteiger partial charge in [-0.3, -0.25) is 0 Å². The van der Waals surface area contributed by atoms with E-state index < -0.39 is 11.9 Å². The third-order valence-corrected chi connectivity index (χ3v) is 2.60. The fourth-order valence-electron chi connectivity index (χ4n) is 1.89. The molecule has 2 saturated heterocycles. The highest BCUT2D eigenvalue weighted by Crippen LogP contribution is 2.31. The summed E-state index contributed by atoms with van der Waals surface area (Å²) in [5.74, 6) is -1.12. The van der Waals surface area contributed by atoms with Crippen LogP contribution in [0.25, 0.3) is 0 Å². The Morgan fingerprint density at radius 2 is 2.21 bits per heavy atom. The number of ether oxygens (including phenoxy) is 2. The molecule has 0 radical (unpaired) electrons. The zero-order chi connectivity index (χ0) is 9.71. The van der Waals surface area contributed by atoms with Gasteiger partial charge in [0, 0.05) is 5.92 Å². The van der Waals surface area contributed by atoms with Crippen molar-refractivity contribution in [1.29, 1.82) is 0 Å². The van der Waals surface area contributed by atoms with Gasteiger partial charge < -0.3 is 9.47 Å². The van der Waals surface area contributed by atoms with E-state index in [4.69, 9.17) is 4.74 Å². The predicted molar refractivity (Wildman–Crippen MR) is 44.5 cm³/mol. The molecule has 0 amide bonds. The Balaban J connectivity index is 2.07. The molecule has 3 heterocycles. The van der Waals surface area contributed by atoms with Crippen LogP contribution < -0.4 is 0 Å². The van der Waals surface area contributed by atoms with E-state index in [0.29, 0.717) is 12.2 Å². The highest BCUT2D eigenvalue weighted by molar-refractivity contribution is 6.55. The first-order chi connectivity index (χ1) is 6.75. The van der Waals surface area contributed by atoms with Crippen molar-refractivity contribution in [2.45, 2.75) is 12.6 Å². The molecule has 0 aromatic carbocycles. The molecule has 0 spiro atoms. The van der Waals surface area contributed by atoms with Crippen molar-refractivity contribution in [3.05, 3.63) is 11.6 Å². The minimum absolute atomic E-state index is 0.118. The summed E-state index contributed by atoms with van der Waals surface area (Å²) in [6.07, 6.45) is 2.28. The van der Waals surface area contributed by atoms with Gasteiger partial charge in [-0.2, -0.15) is 0 Å². The first-order valence-electron chi connectivity index (χ1n) is 4.44. The Hall–Kier alpha value is -1.49. The minimum Gasteiger partial charge on any atom is -0.384 e. The van der Waals surface area contributed by atoms with Crippen molar-refractivity contribution in [3.8, 4) is 0 Å². The van der Waals surface area contributed by atoms with Gasteiger partial charge in [0.05, 0.1) is 12.2 Å². The van der Waals surface area contributed by atoms with E-state index in [1.54, 1.807) is 6.08 Å². The zero-order valence-corrected chi connectivity index (χ0v) is 7.23. The second kappa shape index (κ2) is 2.51. The van der Waals surface area contributed by atoms with Crippen molar-refractivity contribution in [2.24, 2.45) is 10.9 Å². The maximum atomic E-state index is 11.2. The van der Waals surface area contributed by atoms with Crippen LogP contribution in [0.3, 0.4) is 0 Å². The topological polar surface area (TPSA) is 65.0 Å². The number of hydrogen-bond donors (Lipinski definition) is 0. The highest BCUT2D eigenvalue weighted by Gasteiger charge is 2.42. The molecule has 2 unspecified atom stereocenters. The highest BCUT2D eigenvalue weighted by atomic mass is 16.6. The molecule has 72 valence electrons. The standard InChI is InChI=1S/C9H7NO4/c11-8-5-3-4-1-2-13-7(4)10-6(5)9(12)14-8/h3-4,7H,1-2H2. The van der Waals surface area contributed by atoms with Gasteiger partial charge in [-0.1, -0.05) is 6.08 Å². The maximum absolute atomic E-state index is 11.2. The average Bonchev–Trinajstić information content (AvgIpc) is 2.70. The minimum atomic E-state index is -0.657. The van der Waals surface area contributed by atoms with E-state index in [2.05, 4.69) is 9.73 Å². The molecule has 0 aliphatic carbocycles. The first kappa shape index (κ1) is 7.87. The Kier molecular flexibility index (Phi) is 1.41. The van der Waals surface area contributed by atoms with E-state index in [1.165, 1.54) is 0 Å². The molecule has 5 nitrogen and oxygen atoms in total. The van der Waals surface area contributed by atoms with Gasteiger partial charge in [0.25, 0.3) is 0 Å². The van der Waals surface area contributed by atoms with Gasteiger partial charge in [0.2, 0.25) is 0 Å². The molecule has 3 aliphatic heterocycles. The monoisotopic (exact) mass is 193 g/mol. The summed E-state index contributed by atoms with van der Waals surface area (Å²) >= 11 is 0. The number of carbonyl (C=O) groups excluding carboxylic acids is 2. The van der Waals surface area contributed by atoms with Crippen molar-refractivity contribution >= 4 is 17.7 Å². The summed E-state index contributed by atoms with van der Waals surface area (Å²) in [7, 11) is 0. The SMILES string of the molecule is O=C1OC(=O)C2=NC3OCCC3C=C12. The summed E-state index contributed by atoms with van der Waals surface area (Å²) in [4.78, 5) is 26.4. The molecule has 0 bridgehead atoms. The normalized spacial score (nSPS) is 34.6. The van der Waals surface area contributed by atoms with Crippen LogP contribution in [-0.4, -0.2) is 30.5 Å². The van der Waals surface area contributed by atoms with E-state index >= 15 is 0 Å². The predicted octanol–water partition coefficient (Wildman–Crippen LogP) is -0.187. The number of rotatable bonds is 0. The van der Waals surface area contributed by atoms with E-state index in [0.717, 1.165) is 6.42 Å². The quantitative estimate of drug-likeness (QED) is 0.395. The van der Waals surface area contributed by atoms with Crippen molar-refractivity contribution in [1.82, 2.24) is 0 Å². The van der Waals surface area contributed by atoms with Gasteiger partial charge in [-0.15, -0.1) is 0 Å². The fraction of sp³-hybridized carbons (Fsp3) is 0.444. The summed E-state index contributed by atoms with van der Waals surface area (Å²) in [5.41, 5.74) is 0.430. The summed E-state index contributed by atoms with van der Waals surface area (Å²) < 4.78 is 9.74. The molecule has 2 atom stereocenters. The number of carbonyl (C=O) groups is 2. The largest absolute Gasteiger partial charge is 0.384 e. The molecule has 0 N–H and O–H groups in total. The van der Waals surface area contributed by atoms with Crippen molar-refractivity contribution in [2.75, 3.05) is 6.61 Å². The van der Waals surface area contributed by atoms with Crippen molar-refractivity contribution < 1.29 is 19.1 Å². The number of cyclic esters (lactones) is 2. The molecular weight excluding hydrogens is 186 g/mol. The van der Waals surface area contributed by atoms with Crippen LogP contribution in [-0.2, 0) is 19.1 Å². The van der Waals surface area contributed by atoms with E-state index in [-0.39, 0.29) is 17.9 Å². The lowest BCUT2D eigenvalue weighted by Gasteiger charge is -2.15. The molecule has 14 heavy (non-hydrogen) atoms. The Morgan fingerprint density at radius 1 is 1.36 bits per heavy atom. The van der Waals surface area contributed by atoms with Crippen molar-refractivity contribution in [3.63, 3.8) is 0 Å².